The molecular weight excluding hydrogens is 514 g/mol. The Kier molecular flexibility index (Phi) is 8.59. The second kappa shape index (κ2) is 12.4. The van der Waals surface area contributed by atoms with Crippen LogP contribution in [0.2, 0.25) is 0 Å². The fourth-order valence-corrected chi connectivity index (χ4v) is 3.65. The molecule has 1 amide bonds. The zero-order valence-electron chi connectivity index (χ0n) is 22.5. The highest BCUT2D eigenvalue weighted by molar-refractivity contribution is 6.06. The number of nitrogens with zero attached hydrogens (tertiary/aromatic N) is 4. The smallest absolute Gasteiger partial charge is 0.276 e. The number of aliphatic imine (C=N–C) groups is 1. The summed E-state index contributed by atoms with van der Waals surface area (Å²) >= 11 is 0. The van der Waals surface area contributed by atoms with Gasteiger partial charge in [0.05, 0.1) is 50.6 Å². The van der Waals surface area contributed by atoms with Crippen LogP contribution in [0.3, 0.4) is 0 Å². The number of nitrogen functional groups attached to an aromatic ring is 1. The van der Waals surface area contributed by atoms with E-state index in [0.29, 0.717) is 40.0 Å². The monoisotopic (exact) mass is 543 g/mol. The van der Waals surface area contributed by atoms with Crippen molar-refractivity contribution in [1.82, 2.24) is 15.0 Å². The van der Waals surface area contributed by atoms with Crippen LogP contribution in [0, 0.1) is 6.92 Å². The molecule has 5 N–H and O–H groups in total. The first-order valence-corrected chi connectivity index (χ1v) is 12.2. The summed E-state index contributed by atoms with van der Waals surface area (Å²) < 4.78 is 22.3. The summed E-state index contributed by atoms with van der Waals surface area (Å²) in [6.45, 7) is 3.89. The summed E-state index contributed by atoms with van der Waals surface area (Å²) in [5.74, 6) is 2.24. The van der Waals surface area contributed by atoms with Crippen molar-refractivity contribution in [2.75, 3.05) is 31.9 Å². The van der Waals surface area contributed by atoms with Crippen molar-refractivity contribution in [3.05, 3.63) is 72.0 Å². The number of fused-ring (bicyclic) bond motifs is 1. The molecule has 12 nitrogen and oxygen atoms in total. The molecule has 4 aromatic rings. The van der Waals surface area contributed by atoms with Gasteiger partial charge >= 0.3 is 0 Å². The number of nitrogens with one attached hydrogen (secondary N) is 1. The quantitative estimate of drug-likeness (QED) is 0.149. The Balaban J connectivity index is 1.50. The first-order valence-electron chi connectivity index (χ1n) is 12.2. The lowest BCUT2D eigenvalue weighted by atomic mass is 10.2. The van der Waals surface area contributed by atoms with Crippen molar-refractivity contribution in [2.24, 2.45) is 10.7 Å². The first kappa shape index (κ1) is 27.6. The van der Waals surface area contributed by atoms with E-state index < -0.39 is 5.91 Å². The van der Waals surface area contributed by atoms with Gasteiger partial charge in [-0.2, -0.15) is 0 Å². The summed E-state index contributed by atoms with van der Waals surface area (Å²) in [6, 6.07) is 10.2. The number of aromatic nitrogens is 3. The maximum atomic E-state index is 12.8. The Labute approximate surface area is 230 Å². The Morgan fingerprint density at radius 1 is 1.02 bits per heavy atom. The van der Waals surface area contributed by atoms with Crippen molar-refractivity contribution in [3.63, 3.8) is 0 Å². The van der Waals surface area contributed by atoms with Crippen molar-refractivity contribution in [2.45, 2.75) is 13.8 Å². The Morgan fingerprint density at radius 2 is 1.80 bits per heavy atom. The third-order valence-electron chi connectivity index (χ3n) is 5.65. The second-order valence-corrected chi connectivity index (χ2v) is 8.33. The number of ether oxygens (including phenoxy) is 4. The number of aryl methyl sites for hydroxylation is 1. The van der Waals surface area contributed by atoms with Crippen LogP contribution in [0.1, 0.15) is 12.5 Å². The van der Waals surface area contributed by atoms with E-state index >= 15 is 0 Å². The van der Waals surface area contributed by atoms with Crippen LogP contribution in [-0.4, -0.2) is 47.9 Å². The van der Waals surface area contributed by atoms with Crippen LogP contribution in [0.4, 0.5) is 17.3 Å². The summed E-state index contributed by atoms with van der Waals surface area (Å²) in [5.41, 5.74) is 13.7. The average molecular weight is 544 g/mol. The minimum Gasteiger partial charge on any atom is -0.493 e. The fourth-order valence-electron chi connectivity index (χ4n) is 3.65. The lowest BCUT2D eigenvalue weighted by Crippen LogP contribution is -2.23. The number of methoxy groups -OCH3 is 2. The van der Waals surface area contributed by atoms with Gasteiger partial charge in [-0.05, 0) is 49.7 Å². The van der Waals surface area contributed by atoms with Crippen LogP contribution >= 0.6 is 0 Å². The number of rotatable bonds is 10. The maximum absolute atomic E-state index is 12.8. The predicted molar refractivity (Wildman–Crippen MR) is 152 cm³/mol. The number of pyridine rings is 3. The molecule has 4 rings (SSSR count). The highest BCUT2D eigenvalue weighted by Crippen LogP contribution is 2.36. The molecule has 0 aliphatic heterocycles. The third kappa shape index (κ3) is 6.35. The Hall–Kier alpha value is -5.39. The number of hydrogen-bond donors (Lipinski definition) is 3. The zero-order chi connectivity index (χ0) is 28.6. The van der Waals surface area contributed by atoms with Crippen LogP contribution in [0.25, 0.3) is 10.9 Å². The standard InChI is InChI=1S/C28H29N7O5/c1-5-39-24(15-32-20-14-33-25(29)10-16(20)2)27(30)28(36)35-26-7-6-17(13-34-26)40-21-8-9-31-19-12-23(38-4)22(37-3)11-18(19)21/h6-15H,5,30H2,1-4H3,(H2,29,33)(H,34,35,36). The molecule has 0 radical (unpaired) electrons. The molecule has 0 fully saturated rings. The minimum absolute atomic E-state index is 0.104. The fraction of sp³-hybridized carbons (Fsp3) is 0.179. The number of carbonyl (C=O) groups excluding carboxylic acids is 1. The van der Waals surface area contributed by atoms with Gasteiger partial charge in [-0.25, -0.2) is 9.97 Å². The molecular formula is C28H29N7O5. The molecule has 206 valence electrons. The van der Waals surface area contributed by atoms with Gasteiger partial charge < -0.3 is 35.7 Å². The number of hydrogen-bond acceptors (Lipinski definition) is 11. The van der Waals surface area contributed by atoms with E-state index in [0.717, 1.165) is 10.9 Å². The highest BCUT2D eigenvalue weighted by Gasteiger charge is 2.15. The van der Waals surface area contributed by atoms with Crippen LogP contribution < -0.4 is 31.0 Å². The van der Waals surface area contributed by atoms with E-state index in [1.54, 1.807) is 63.7 Å². The Morgan fingerprint density at radius 3 is 2.48 bits per heavy atom. The summed E-state index contributed by atoms with van der Waals surface area (Å²) in [6.07, 6.45) is 6.00. The summed E-state index contributed by atoms with van der Waals surface area (Å²) in [7, 11) is 3.12. The minimum atomic E-state index is -0.607. The molecule has 40 heavy (non-hydrogen) atoms. The zero-order valence-corrected chi connectivity index (χ0v) is 22.5. The third-order valence-corrected chi connectivity index (χ3v) is 5.65. The Bertz CT molecular complexity index is 1590. The van der Waals surface area contributed by atoms with Gasteiger partial charge in [-0.1, -0.05) is 0 Å². The van der Waals surface area contributed by atoms with Gasteiger partial charge in [-0.3, -0.25) is 14.8 Å². The van der Waals surface area contributed by atoms with Gasteiger partial charge in [0.2, 0.25) is 0 Å². The molecule has 3 heterocycles. The van der Waals surface area contributed by atoms with Crippen molar-refractivity contribution >= 4 is 40.3 Å². The molecule has 0 aliphatic rings. The molecule has 0 atom stereocenters. The molecule has 1 aromatic carbocycles. The lowest BCUT2D eigenvalue weighted by Gasteiger charge is -2.12. The van der Waals surface area contributed by atoms with E-state index in [4.69, 9.17) is 30.4 Å². The van der Waals surface area contributed by atoms with Crippen LogP contribution in [0.5, 0.6) is 23.0 Å². The van der Waals surface area contributed by atoms with E-state index in [1.165, 1.54) is 18.6 Å². The van der Waals surface area contributed by atoms with Gasteiger partial charge in [0.25, 0.3) is 5.91 Å². The number of carbonyl (C=O) groups is 1. The normalized spacial score (nSPS) is 11.7. The van der Waals surface area contributed by atoms with Gasteiger partial charge in [0.1, 0.15) is 28.8 Å². The van der Waals surface area contributed by atoms with Crippen LogP contribution in [-0.2, 0) is 9.53 Å². The molecule has 0 aliphatic carbocycles. The molecule has 0 spiro atoms. The van der Waals surface area contributed by atoms with Gasteiger partial charge in [0, 0.05) is 17.6 Å². The number of allylic oxidation sites excluding steroid dienone is 1. The van der Waals surface area contributed by atoms with E-state index in [-0.39, 0.29) is 23.9 Å². The molecule has 12 heteroatoms. The number of anilines is 2. The molecule has 3 aromatic heterocycles. The van der Waals surface area contributed by atoms with Crippen molar-refractivity contribution < 1.29 is 23.7 Å². The SMILES string of the molecule is CCOC(C=Nc1cnc(N)cc1C)=C(N)C(=O)Nc1ccc(Oc2ccnc3cc(OC)c(OC)cc23)cn1. The predicted octanol–water partition coefficient (Wildman–Crippen LogP) is 4.27. The lowest BCUT2D eigenvalue weighted by molar-refractivity contribution is -0.113. The van der Waals surface area contributed by atoms with Gasteiger partial charge in [-0.15, -0.1) is 0 Å². The number of amides is 1. The number of nitrogens with two attached hydrogens (primary N) is 2. The molecule has 0 unspecified atom stereocenters. The van der Waals surface area contributed by atoms with Crippen LogP contribution in [0.15, 0.2) is 71.4 Å². The van der Waals surface area contributed by atoms with Crippen molar-refractivity contribution in [3.8, 4) is 23.0 Å². The van der Waals surface area contributed by atoms with Crippen molar-refractivity contribution in [1.29, 1.82) is 0 Å². The average Bonchev–Trinajstić information content (AvgIpc) is 2.96. The van der Waals surface area contributed by atoms with E-state index in [2.05, 4.69) is 25.3 Å². The molecule has 0 bridgehead atoms. The summed E-state index contributed by atoms with van der Waals surface area (Å²) in [5, 5.41) is 3.37. The number of benzene rings is 1. The molecule has 0 saturated carbocycles. The molecule has 0 saturated heterocycles. The second-order valence-electron chi connectivity index (χ2n) is 8.33. The van der Waals surface area contributed by atoms with E-state index in [1.807, 2.05) is 6.92 Å². The highest BCUT2D eigenvalue weighted by atomic mass is 16.5. The largest absolute Gasteiger partial charge is 0.493 e. The maximum Gasteiger partial charge on any atom is 0.276 e. The van der Waals surface area contributed by atoms with E-state index in [9.17, 15) is 4.79 Å². The first-order chi connectivity index (χ1) is 19.3. The topological polar surface area (TPSA) is 169 Å². The summed E-state index contributed by atoms with van der Waals surface area (Å²) in [4.78, 5) is 29.8. The van der Waals surface area contributed by atoms with Gasteiger partial charge in [0.15, 0.2) is 17.3 Å².